The number of hydrogen-bond donors (Lipinski definition) is 1. The van der Waals surface area contributed by atoms with E-state index in [1.165, 1.54) is 0 Å². The first-order valence-electron chi connectivity index (χ1n) is 5.73. The Bertz CT molecular complexity index is 254. The van der Waals surface area contributed by atoms with Gasteiger partial charge in [0, 0.05) is 6.04 Å². The molecule has 0 saturated carbocycles. The number of carbonyl (C=O) groups is 1. The molecule has 6 heteroatoms. The molecule has 0 fully saturated rings. The molecule has 102 valence electrons. The number of nitrogens with zero attached hydrogens (tertiary/aromatic N) is 1. The fourth-order valence-electron chi connectivity index (χ4n) is 1.40. The van der Waals surface area contributed by atoms with Crippen molar-refractivity contribution in [2.24, 2.45) is 11.7 Å². The second-order valence-corrected chi connectivity index (χ2v) is 4.59. The van der Waals surface area contributed by atoms with E-state index in [4.69, 9.17) is 5.73 Å². The molecule has 0 saturated heterocycles. The van der Waals surface area contributed by atoms with Crippen LogP contribution >= 0.6 is 0 Å². The van der Waals surface area contributed by atoms with Crippen molar-refractivity contribution in [1.82, 2.24) is 4.90 Å². The van der Waals surface area contributed by atoms with Crippen LogP contribution in [-0.2, 0) is 4.79 Å². The van der Waals surface area contributed by atoms with Gasteiger partial charge in [-0.25, -0.2) is 0 Å². The first-order chi connectivity index (χ1) is 7.60. The van der Waals surface area contributed by atoms with Gasteiger partial charge in [0.2, 0.25) is 5.91 Å². The summed E-state index contributed by atoms with van der Waals surface area (Å²) in [5, 5.41) is 0. The average Bonchev–Trinajstić information content (AvgIpc) is 2.21. The Labute approximate surface area is 100 Å². The summed E-state index contributed by atoms with van der Waals surface area (Å²) in [6, 6.07) is -1.39. The van der Waals surface area contributed by atoms with Crippen LogP contribution in [0.3, 0.4) is 0 Å². The summed E-state index contributed by atoms with van der Waals surface area (Å²) < 4.78 is 37.0. The molecule has 0 rings (SSSR count). The molecular formula is C11H21F3N2O. The predicted molar refractivity (Wildman–Crippen MR) is 60.3 cm³/mol. The first kappa shape index (κ1) is 16.2. The van der Waals surface area contributed by atoms with Gasteiger partial charge in [0.05, 0.1) is 6.04 Å². The Morgan fingerprint density at radius 2 is 1.76 bits per heavy atom. The molecule has 0 aliphatic carbocycles. The average molecular weight is 254 g/mol. The lowest BCUT2D eigenvalue weighted by Crippen LogP contribution is -2.52. The maximum Gasteiger partial charge on any atom is 0.406 e. The van der Waals surface area contributed by atoms with E-state index in [9.17, 15) is 18.0 Å². The highest BCUT2D eigenvalue weighted by molar-refractivity contribution is 5.82. The number of amides is 1. The molecule has 0 aliphatic rings. The zero-order valence-electron chi connectivity index (χ0n) is 10.7. The second kappa shape index (κ2) is 6.23. The molecule has 0 radical (unpaired) electrons. The van der Waals surface area contributed by atoms with Crippen LogP contribution in [0.5, 0.6) is 0 Å². The van der Waals surface area contributed by atoms with Crippen molar-refractivity contribution in [3.8, 4) is 0 Å². The molecule has 0 spiro atoms. The molecule has 3 nitrogen and oxygen atoms in total. The Kier molecular flexibility index (Phi) is 5.95. The molecule has 1 unspecified atom stereocenters. The summed E-state index contributed by atoms with van der Waals surface area (Å²) in [6.07, 6.45) is -3.74. The fraction of sp³-hybridized carbons (Fsp3) is 0.909. The number of carbonyl (C=O) groups excluding carboxylic acids is 1. The standard InChI is InChI=1S/C11H21F3N2O/c1-5-8(4)9(15)10(17)16(7(2)3)6-11(12,13)14/h7-9H,5-6,15H2,1-4H3/t8?,9-/m0/s1. The van der Waals surface area contributed by atoms with Gasteiger partial charge >= 0.3 is 6.18 Å². The van der Waals surface area contributed by atoms with E-state index in [1.54, 1.807) is 20.8 Å². The zero-order valence-corrected chi connectivity index (χ0v) is 10.7. The molecule has 2 N–H and O–H groups in total. The Morgan fingerprint density at radius 1 is 1.29 bits per heavy atom. The van der Waals surface area contributed by atoms with Crippen LogP contribution < -0.4 is 5.73 Å². The van der Waals surface area contributed by atoms with Crippen LogP contribution in [0.1, 0.15) is 34.1 Å². The minimum Gasteiger partial charge on any atom is -0.330 e. The summed E-state index contributed by atoms with van der Waals surface area (Å²) in [6.45, 7) is 5.46. The maximum atomic E-state index is 12.3. The van der Waals surface area contributed by atoms with Crippen LogP contribution in [0.4, 0.5) is 13.2 Å². The van der Waals surface area contributed by atoms with Crippen molar-refractivity contribution < 1.29 is 18.0 Å². The highest BCUT2D eigenvalue weighted by Crippen LogP contribution is 2.20. The lowest BCUT2D eigenvalue weighted by molar-refractivity contribution is -0.166. The predicted octanol–water partition coefficient (Wildman–Crippen LogP) is 2.16. The van der Waals surface area contributed by atoms with Crippen molar-refractivity contribution in [2.45, 2.75) is 52.4 Å². The van der Waals surface area contributed by atoms with Crippen molar-refractivity contribution in [3.63, 3.8) is 0 Å². The summed E-state index contributed by atoms with van der Waals surface area (Å²) in [7, 11) is 0. The normalized spacial score (nSPS) is 15.8. The summed E-state index contributed by atoms with van der Waals surface area (Å²) in [5.41, 5.74) is 5.67. The number of alkyl halides is 3. The number of rotatable bonds is 5. The minimum atomic E-state index is -4.39. The van der Waals surface area contributed by atoms with Gasteiger partial charge in [-0.2, -0.15) is 13.2 Å². The zero-order chi connectivity index (χ0) is 13.8. The molecule has 0 aromatic carbocycles. The van der Waals surface area contributed by atoms with E-state index < -0.39 is 30.7 Å². The van der Waals surface area contributed by atoms with Gasteiger partial charge in [-0.05, 0) is 19.8 Å². The minimum absolute atomic E-state index is 0.128. The third kappa shape index (κ3) is 5.39. The third-order valence-corrected chi connectivity index (χ3v) is 2.80. The molecule has 0 heterocycles. The lowest BCUT2D eigenvalue weighted by atomic mass is 9.98. The number of hydrogen-bond acceptors (Lipinski definition) is 2. The quantitative estimate of drug-likeness (QED) is 0.817. The Hall–Kier alpha value is -0.780. The van der Waals surface area contributed by atoms with Gasteiger partial charge < -0.3 is 10.6 Å². The molecule has 0 bridgehead atoms. The van der Waals surface area contributed by atoms with Gasteiger partial charge in [0.25, 0.3) is 0 Å². The van der Waals surface area contributed by atoms with Crippen molar-refractivity contribution >= 4 is 5.91 Å². The molecular weight excluding hydrogens is 233 g/mol. The molecule has 0 aliphatic heterocycles. The van der Waals surface area contributed by atoms with Gasteiger partial charge in [-0.1, -0.05) is 20.3 Å². The van der Waals surface area contributed by atoms with E-state index in [0.29, 0.717) is 6.42 Å². The molecule has 17 heavy (non-hydrogen) atoms. The second-order valence-electron chi connectivity index (χ2n) is 4.59. The molecule has 1 amide bonds. The number of halogens is 3. The molecule has 0 aromatic heterocycles. The first-order valence-corrected chi connectivity index (χ1v) is 5.73. The third-order valence-electron chi connectivity index (χ3n) is 2.80. The maximum absolute atomic E-state index is 12.3. The van der Waals surface area contributed by atoms with Crippen LogP contribution in [0.15, 0.2) is 0 Å². The Morgan fingerprint density at radius 3 is 2.06 bits per heavy atom. The highest BCUT2D eigenvalue weighted by Gasteiger charge is 2.36. The van der Waals surface area contributed by atoms with Crippen LogP contribution in [0.25, 0.3) is 0 Å². The van der Waals surface area contributed by atoms with E-state index in [0.717, 1.165) is 4.90 Å². The van der Waals surface area contributed by atoms with Crippen LogP contribution in [-0.4, -0.2) is 35.6 Å². The summed E-state index contributed by atoms with van der Waals surface area (Å²) in [5.74, 6) is -0.761. The van der Waals surface area contributed by atoms with E-state index in [2.05, 4.69) is 0 Å². The smallest absolute Gasteiger partial charge is 0.330 e. The Balaban J connectivity index is 4.78. The van der Waals surface area contributed by atoms with Crippen molar-refractivity contribution in [1.29, 1.82) is 0 Å². The monoisotopic (exact) mass is 254 g/mol. The van der Waals surface area contributed by atoms with Gasteiger partial charge in [0.15, 0.2) is 0 Å². The SMILES string of the molecule is CCC(C)[C@H](N)C(=O)N(CC(F)(F)F)C(C)C. The highest BCUT2D eigenvalue weighted by atomic mass is 19.4. The van der Waals surface area contributed by atoms with E-state index in [-0.39, 0.29) is 5.92 Å². The summed E-state index contributed by atoms with van der Waals surface area (Å²) in [4.78, 5) is 12.7. The van der Waals surface area contributed by atoms with Crippen LogP contribution in [0.2, 0.25) is 0 Å². The molecule has 0 aromatic rings. The van der Waals surface area contributed by atoms with Crippen molar-refractivity contribution in [3.05, 3.63) is 0 Å². The largest absolute Gasteiger partial charge is 0.406 e. The van der Waals surface area contributed by atoms with Crippen LogP contribution in [0, 0.1) is 5.92 Å². The van der Waals surface area contributed by atoms with Gasteiger partial charge in [0.1, 0.15) is 6.54 Å². The van der Waals surface area contributed by atoms with E-state index in [1.807, 2.05) is 6.92 Å². The molecule has 2 atom stereocenters. The summed E-state index contributed by atoms with van der Waals surface area (Å²) >= 11 is 0. The van der Waals surface area contributed by atoms with Crippen molar-refractivity contribution in [2.75, 3.05) is 6.54 Å². The van der Waals surface area contributed by atoms with E-state index >= 15 is 0 Å². The van der Waals surface area contributed by atoms with Gasteiger partial charge in [-0.15, -0.1) is 0 Å². The topological polar surface area (TPSA) is 46.3 Å². The van der Waals surface area contributed by atoms with Gasteiger partial charge in [-0.3, -0.25) is 4.79 Å². The lowest BCUT2D eigenvalue weighted by Gasteiger charge is -2.31. The fourth-order valence-corrected chi connectivity index (χ4v) is 1.40. The number of nitrogens with two attached hydrogens (primary N) is 1.